The molecule has 7 heterocycles. The zero-order valence-corrected chi connectivity index (χ0v) is 24.6. The predicted molar refractivity (Wildman–Crippen MR) is 163 cm³/mol. The van der Waals surface area contributed by atoms with E-state index in [0.29, 0.717) is 24.3 Å². The van der Waals surface area contributed by atoms with Crippen molar-refractivity contribution in [3.8, 4) is 0 Å². The molecule has 0 spiro atoms. The molecule has 0 bridgehead atoms. The van der Waals surface area contributed by atoms with E-state index >= 15 is 0 Å². The first-order valence-corrected chi connectivity index (χ1v) is 15.9. The average molecular weight is 572 g/mol. The number of piperazine rings is 1. The number of piperidine rings is 1. The number of amides is 1. The Hall–Kier alpha value is -3.10. The summed E-state index contributed by atoms with van der Waals surface area (Å²) in [5.41, 5.74) is 4.89. The van der Waals surface area contributed by atoms with Crippen molar-refractivity contribution in [2.75, 3.05) is 62.2 Å². The number of halogens is 1. The van der Waals surface area contributed by atoms with E-state index in [4.69, 9.17) is 16.6 Å². The van der Waals surface area contributed by atoms with Crippen molar-refractivity contribution in [3.63, 3.8) is 0 Å². The topological polar surface area (TPSA) is 60.7 Å². The van der Waals surface area contributed by atoms with Crippen LogP contribution in [0.25, 0.3) is 16.6 Å². The van der Waals surface area contributed by atoms with Gasteiger partial charge in [-0.25, -0.2) is 4.98 Å². The summed E-state index contributed by atoms with van der Waals surface area (Å²) in [6.07, 6.45) is 9.16. The molecule has 3 saturated heterocycles. The molecule has 0 N–H and O–H groups in total. The number of rotatable bonds is 4. The number of aromatic nitrogens is 3. The molecule has 1 aromatic carbocycles. The number of anilines is 2. The maximum atomic E-state index is 14.5. The SMILES string of the molecule is CC[C@@]12C=C(C(=O)N3CCN(c4cc(Cl)nc(N5CCCC5)n4)CC3)n3c4c(c5ccccc53)CCN(CCC1)[C@H]42. The maximum absolute atomic E-state index is 14.5. The van der Waals surface area contributed by atoms with Crippen LogP contribution < -0.4 is 9.80 Å². The number of hydrogen-bond acceptors (Lipinski definition) is 6. The van der Waals surface area contributed by atoms with Crippen molar-refractivity contribution in [1.29, 1.82) is 0 Å². The van der Waals surface area contributed by atoms with Gasteiger partial charge in [-0.05, 0) is 62.8 Å². The van der Waals surface area contributed by atoms with Gasteiger partial charge >= 0.3 is 0 Å². The van der Waals surface area contributed by atoms with E-state index in [1.807, 2.05) is 6.07 Å². The second-order valence-corrected chi connectivity index (χ2v) is 12.8. The predicted octanol–water partition coefficient (Wildman–Crippen LogP) is 4.98. The summed E-state index contributed by atoms with van der Waals surface area (Å²) in [5.74, 6) is 1.73. The zero-order chi connectivity index (χ0) is 27.7. The number of benzene rings is 1. The van der Waals surface area contributed by atoms with E-state index < -0.39 is 0 Å². The standard InChI is InChI=1S/C32H38ClN7O/c1-2-32-11-7-14-37-15-10-23-22-8-3-4-9-24(22)40(28(23)29(32)37)25(21-32)30(41)38-18-16-36(17-19-38)27-20-26(33)34-31(35-27)39-12-5-6-13-39/h3-4,8-9,20-21,29H,2,5-7,10-19H2,1H3/t29-,32+/m1/s1. The van der Waals surface area contributed by atoms with Crippen molar-refractivity contribution < 1.29 is 4.79 Å². The van der Waals surface area contributed by atoms with Gasteiger partial charge in [0, 0.05) is 68.4 Å². The number of para-hydroxylation sites is 1. The molecule has 0 unspecified atom stereocenters. The lowest BCUT2D eigenvalue weighted by Crippen LogP contribution is -2.53. The average Bonchev–Trinajstić information content (AvgIpc) is 3.67. The number of fused-ring (bicyclic) bond motifs is 3. The molecule has 5 aliphatic rings. The molecule has 3 aromatic rings. The first-order chi connectivity index (χ1) is 20.1. The molecule has 3 fully saturated rings. The van der Waals surface area contributed by atoms with Crippen LogP contribution in [0.15, 0.2) is 36.4 Å². The highest BCUT2D eigenvalue weighted by Crippen LogP contribution is 2.57. The lowest BCUT2D eigenvalue weighted by atomic mass is 9.66. The fraction of sp³-hybridized carbons (Fsp3) is 0.531. The zero-order valence-electron chi connectivity index (χ0n) is 23.9. The van der Waals surface area contributed by atoms with Gasteiger partial charge in [0.25, 0.3) is 5.91 Å². The number of hydrogen-bond donors (Lipinski definition) is 0. The number of nitrogens with zero attached hydrogens (tertiary/aromatic N) is 7. The Kier molecular flexibility index (Phi) is 6.08. The van der Waals surface area contributed by atoms with Crippen LogP contribution >= 0.6 is 11.6 Å². The summed E-state index contributed by atoms with van der Waals surface area (Å²) in [6.45, 7) is 9.31. The molecule has 5 aliphatic heterocycles. The molecule has 9 heteroatoms. The van der Waals surface area contributed by atoms with Gasteiger partial charge in [-0.2, -0.15) is 4.98 Å². The highest BCUT2D eigenvalue weighted by Gasteiger charge is 2.51. The first-order valence-electron chi connectivity index (χ1n) is 15.5. The van der Waals surface area contributed by atoms with Crippen LogP contribution in [0, 0.1) is 5.41 Å². The molecule has 8 nitrogen and oxygen atoms in total. The summed E-state index contributed by atoms with van der Waals surface area (Å²) >= 11 is 6.44. The van der Waals surface area contributed by atoms with E-state index in [1.165, 1.54) is 41.4 Å². The normalized spacial score (nSPS) is 26.0. The van der Waals surface area contributed by atoms with Crippen molar-refractivity contribution in [1.82, 2.24) is 24.3 Å². The lowest BCUT2D eigenvalue weighted by molar-refractivity contribution is -0.125. The van der Waals surface area contributed by atoms with Crippen molar-refractivity contribution in [2.45, 2.75) is 51.5 Å². The Morgan fingerprint density at radius 2 is 1.78 bits per heavy atom. The summed E-state index contributed by atoms with van der Waals surface area (Å²) in [7, 11) is 0. The second kappa shape index (κ2) is 9.73. The molecular formula is C32H38ClN7O. The fourth-order valence-electron chi connectivity index (χ4n) is 8.35. The van der Waals surface area contributed by atoms with Gasteiger partial charge in [0.15, 0.2) is 0 Å². The van der Waals surface area contributed by atoms with Gasteiger partial charge in [0.1, 0.15) is 16.7 Å². The maximum Gasteiger partial charge on any atom is 0.270 e. The van der Waals surface area contributed by atoms with Crippen LogP contribution in [0.3, 0.4) is 0 Å². The number of carbonyl (C=O) groups is 1. The van der Waals surface area contributed by atoms with Gasteiger partial charge in [-0.15, -0.1) is 0 Å². The van der Waals surface area contributed by atoms with Gasteiger partial charge in [0.2, 0.25) is 5.95 Å². The van der Waals surface area contributed by atoms with Gasteiger partial charge in [-0.3, -0.25) is 9.69 Å². The first kappa shape index (κ1) is 25.6. The minimum absolute atomic E-state index is 0.00823. The summed E-state index contributed by atoms with van der Waals surface area (Å²) in [4.78, 5) is 33.1. The molecule has 0 aliphatic carbocycles. The summed E-state index contributed by atoms with van der Waals surface area (Å²) in [6, 6.07) is 10.9. The molecule has 1 amide bonds. The third-order valence-corrected chi connectivity index (χ3v) is 10.6. The molecule has 8 rings (SSSR count). The molecular weight excluding hydrogens is 534 g/mol. The Balaban J connectivity index is 1.11. The molecule has 41 heavy (non-hydrogen) atoms. The Bertz CT molecular complexity index is 1550. The van der Waals surface area contributed by atoms with E-state index in [-0.39, 0.29) is 11.3 Å². The highest BCUT2D eigenvalue weighted by atomic mass is 35.5. The van der Waals surface area contributed by atoms with Gasteiger partial charge < -0.3 is 19.3 Å². The Labute approximate surface area is 246 Å². The molecule has 0 radical (unpaired) electrons. The Morgan fingerprint density at radius 1 is 0.976 bits per heavy atom. The molecule has 0 saturated carbocycles. The molecule has 2 aromatic heterocycles. The number of carbonyl (C=O) groups excluding carboxylic acids is 1. The third kappa shape index (κ3) is 3.93. The smallest absolute Gasteiger partial charge is 0.270 e. The van der Waals surface area contributed by atoms with E-state index in [9.17, 15) is 4.79 Å². The van der Waals surface area contributed by atoms with Gasteiger partial charge in [0.05, 0.1) is 11.6 Å². The summed E-state index contributed by atoms with van der Waals surface area (Å²) in [5, 5.41) is 1.80. The quantitative estimate of drug-likeness (QED) is 0.412. The largest absolute Gasteiger partial charge is 0.353 e. The fourth-order valence-corrected chi connectivity index (χ4v) is 8.52. The monoisotopic (exact) mass is 571 g/mol. The van der Waals surface area contributed by atoms with Crippen LogP contribution in [0.1, 0.15) is 56.3 Å². The van der Waals surface area contributed by atoms with Crippen LogP contribution in [0.5, 0.6) is 0 Å². The van der Waals surface area contributed by atoms with Crippen LogP contribution in [0.2, 0.25) is 5.15 Å². The second-order valence-electron chi connectivity index (χ2n) is 12.4. The highest BCUT2D eigenvalue weighted by molar-refractivity contribution is 6.29. The summed E-state index contributed by atoms with van der Waals surface area (Å²) < 4.78 is 2.35. The lowest BCUT2D eigenvalue weighted by Gasteiger charge is -2.53. The minimum atomic E-state index is 0.00823. The van der Waals surface area contributed by atoms with E-state index in [0.717, 1.165) is 76.0 Å². The Morgan fingerprint density at radius 3 is 2.59 bits per heavy atom. The van der Waals surface area contributed by atoms with Crippen LogP contribution in [-0.2, 0) is 11.2 Å². The van der Waals surface area contributed by atoms with Crippen molar-refractivity contribution >= 4 is 45.9 Å². The van der Waals surface area contributed by atoms with Crippen molar-refractivity contribution in [2.24, 2.45) is 5.41 Å². The van der Waals surface area contributed by atoms with Crippen LogP contribution in [0.4, 0.5) is 11.8 Å². The minimum Gasteiger partial charge on any atom is -0.353 e. The van der Waals surface area contributed by atoms with E-state index in [1.54, 1.807) is 0 Å². The van der Waals surface area contributed by atoms with Crippen LogP contribution in [-0.4, -0.2) is 82.6 Å². The van der Waals surface area contributed by atoms with E-state index in [2.05, 4.69) is 66.4 Å². The van der Waals surface area contributed by atoms with Crippen molar-refractivity contribution in [3.05, 3.63) is 52.8 Å². The molecule has 214 valence electrons. The molecule has 2 atom stereocenters. The third-order valence-electron chi connectivity index (χ3n) is 10.4. The van der Waals surface area contributed by atoms with Gasteiger partial charge in [-0.1, -0.05) is 36.7 Å².